The standard InChI is InChI=1S/C25H32ClN3O3/c1-16(30)15-32-23-9-8-21(17(2)18(23)3)22-6-4-5-20-14-28(11-12-29(20)22)25(31)19-7-10-24(26)27-13-19/h7-10,13,16,20,22,30H,4-6,11-12,14-15H2,1-3H3/t16-,20+,22?/m1/s1. The van der Waals surface area contributed by atoms with Crippen LogP contribution in [0.3, 0.4) is 0 Å². The van der Waals surface area contributed by atoms with Crippen molar-refractivity contribution >= 4 is 17.5 Å². The third kappa shape index (κ3) is 4.77. The topological polar surface area (TPSA) is 65.9 Å². The fourth-order valence-electron chi connectivity index (χ4n) is 5.00. The van der Waals surface area contributed by atoms with Crippen LogP contribution in [0.2, 0.25) is 5.15 Å². The first kappa shape index (κ1) is 23.0. The summed E-state index contributed by atoms with van der Waals surface area (Å²) in [6, 6.07) is 8.36. The van der Waals surface area contributed by atoms with Gasteiger partial charge in [0.2, 0.25) is 0 Å². The number of nitrogens with zero attached hydrogens (tertiary/aromatic N) is 3. The molecule has 2 aliphatic heterocycles. The first-order chi connectivity index (χ1) is 15.3. The fraction of sp³-hybridized carbons (Fsp3) is 0.520. The van der Waals surface area contributed by atoms with Gasteiger partial charge in [-0.05, 0) is 74.9 Å². The molecule has 0 spiro atoms. The van der Waals surface area contributed by atoms with Crippen LogP contribution in [0.25, 0.3) is 0 Å². The van der Waals surface area contributed by atoms with Crippen LogP contribution in [0.1, 0.15) is 59.3 Å². The number of fused-ring (bicyclic) bond motifs is 1. The summed E-state index contributed by atoms with van der Waals surface area (Å²) in [5, 5.41) is 9.94. The number of carbonyl (C=O) groups excluding carboxylic acids is 1. The van der Waals surface area contributed by atoms with Crippen LogP contribution in [-0.4, -0.2) is 64.2 Å². The minimum absolute atomic E-state index is 0.0302. The predicted molar refractivity (Wildman–Crippen MR) is 125 cm³/mol. The second-order valence-electron chi connectivity index (χ2n) is 9.02. The molecule has 172 valence electrons. The minimum Gasteiger partial charge on any atom is -0.491 e. The molecule has 32 heavy (non-hydrogen) atoms. The summed E-state index contributed by atoms with van der Waals surface area (Å²) in [5.41, 5.74) is 4.33. The number of piperidine rings is 1. The number of aliphatic hydroxyl groups excluding tert-OH is 1. The van der Waals surface area contributed by atoms with Gasteiger partial charge in [-0.1, -0.05) is 17.7 Å². The van der Waals surface area contributed by atoms with Gasteiger partial charge in [0.1, 0.15) is 17.5 Å². The smallest absolute Gasteiger partial charge is 0.255 e. The monoisotopic (exact) mass is 457 g/mol. The summed E-state index contributed by atoms with van der Waals surface area (Å²) < 4.78 is 5.80. The van der Waals surface area contributed by atoms with E-state index in [0.717, 1.165) is 43.7 Å². The summed E-state index contributed by atoms with van der Waals surface area (Å²) in [6.07, 6.45) is 4.45. The molecule has 2 fully saturated rings. The lowest BCUT2D eigenvalue weighted by molar-refractivity contribution is 0.0101. The number of halogens is 1. The summed E-state index contributed by atoms with van der Waals surface area (Å²) in [5.74, 6) is 0.870. The highest BCUT2D eigenvalue weighted by Crippen LogP contribution is 2.39. The van der Waals surface area contributed by atoms with E-state index in [9.17, 15) is 9.90 Å². The Hall–Kier alpha value is -2.15. The van der Waals surface area contributed by atoms with Gasteiger partial charge in [-0.3, -0.25) is 9.69 Å². The first-order valence-electron chi connectivity index (χ1n) is 11.4. The minimum atomic E-state index is -0.490. The highest BCUT2D eigenvalue weighted by Gasteiger charge is 2.37. The molecule has 0 bridgehead atoms. The molecule has 2 aromatic rings. The second-order valence-corrected chi connectivity index (χ2v) is 9.41. The summed E-state index contributed by atoms with van der Waals surface area (Å²) >= 11 is 5.87. The average molecular weight is 458 g/mol. The Morgan fingerprint density at radius 1 is 1.22 bits per heavy atom. The van der Waals surface area contributed by atoms with Crippen molar-refractivity contribution in [2.24, 2.45) is 0 Å². The van der Waals surface area contributed by atoms with Crippen molar-refractivity contribution in [3.63, 3.8) is 0 Å². The summed E-state index contributed by atoms with van der Waals surface area (Å²) in [4.78, 5) is 21.6. The molecule has 4 rings (SSSR count). The van der Waals surface area contributed by atoms with E-state index in [1.54, 1.807) is 25.3 Å². The molecule has 0 saturated carbocycles. The number of ether oxygens (including phenoxy) is 1. The lowest BCUT2D eigenvalue weighted by Crippen LogP contribution is -2.57. The van der Waals surface area contributed by atoms with E-state index >= 15 is 0 Å². The van der Waals surface area contributed by atoms with Crippen LogP contribution in [-0.2, 0) is 0 Å². The van der Waals surface area contributed by atoms with E-state index < -0.39 is 6.10 Å². The molecular formula is C25H32ClN3O3. The fourth-order valence-corrected chi connectivity index (χ4v) is 5.11. The Kier molecular flexibility index (Phi) is 7.03. The molecule has 3 atom stereocenters. The number of hydrogen-bond donors (Lipinski definition) is 1. The quantitative estimate of drug-likeness (QED) is 0.683. The van der Waals surface area contributed by atoms with Crippen molar-refractivity contribution in [1.29, 1.82) is 0 Å². The van der Waals surface area contributed by atoms with Gasteiger partial charge in [0, 0.05) is 37.9 Å². The molecule has 2 aliphatic rings. The third-order valence-corrected chi connectivity index (χ3v) is 7.05. The highest BCUT2D eigenvalue weighted by atomic mass is 35.5. The van der Waals surface area contributed by atoms with Gasteiger partial charge in [0.15, 0.2) is 0 Å². The zero-order valence-corrected chi connectivity index (χ0v) is 19.8. The largest absolute Gasteiger partial charge is 0.491 e. The van der Waals surface area contributed by atoms with Crippen LogP contribution in [0.4, 0.5) is 0 Å². The Morgan fingerprint density at radius 3 is 2.75 bits per heavy atom. The Bertz CT molecular complexity index is 964. The Balaban J connectivity index is 1.49. The van der Waals surface area contributed by atoms with Gasteiger partial charge < -0.3 is 14.7 Å². The zero-order chi connectivity index (χ0) is 22.8. The average Bonchev–Trinajstić information content (AvgIpc) is 2.79. The molecule has 7 heteroatoms. The molecule has 1 N–H and O–H groups in total. The highest BCUT2D eigenvalue weighted by molar-refractivity contribution is 6.29. The van der Waals surface area contributed by atoms with Crippen LogP contribution in [0.5, 0.6) is 5.75 Å². The van der Waals surface area contributed by atoms with E-state index in [2.05, 4.69) is 29.8 Å². The van der Waals surface area contributed by atoms with Gasteiger partial charge in [-0.2, -0.15) is 0 Å². The number of rotatable bonds is 5. The number of pyridine rings is 1. The number of amides is 1. The molecule has 1 unspecified atom stereocenters. The molecule has 2 saturated heterocycles. The SMILES string of the molecule is Cc1c(OC[C@@H](C)O)ccc(C2CCC[C@H]3CN(C(=O)c4ccc(Cl)nc4)CCN23)c1C. The predicted octanol–water partition coefficient (Wildman–Crippen LogP) is 4.16. The number of carbonyl (C=O) groups is 1. The molecule has 3 heterocycles. The van der Waals surface area contributed by atoms with Gasteiger partial charge in [0.25, 0.3) is 5.91 Å². The molecular weight excluding hydrogens is 426 g/mol. The van der Waals surface area contributed by atoms with Crippen LogP contribution in [0.15, 0.2) is 30.5 Å². The van der Waals surface area contributed by atoms with E-state index in [1.165, 1.54) is 11.1 Å². The lowest BCUT2D eigenvalue weighted by Gasteiger charge is -2.48. The Labute approximate surface area is 195 Å². The molecule has 0 aliphatic carbocycles. The summed E-state index contributed by atoms with van der Waals surface area (Å²) in [7, 11) is 0. The molecule has 1 amide bonds. The van der Waals surface area contributed by atoms with Crippen LogP contribution >= 0.6 is 11.6 Å². The van der Waals surface area contributed by atoms with Gasteiger partial charge in [-0.15, -0.1) is 0 Å². The maximum Gasteiger partial charge on any atom is 0.255 e. The zero-order valence-electron chi connectivity index (χ0n) is 19.1. The molecule has 6 nitrogen and oxygen atoms in total. The van der Waals surface area contributed by atoms with E-state index in [0.29, 0.717) is 36.0 Å². The number of aliphatic hydroxyl groups is 1. The van der Waals surface area contributed by atoms with Crippen molar-refractivity contribution in [3.8, 4) is 5.75 Å². The van der Waals surface area contributed by atoms with E-state index in [-0.39, 0.29) is 5.91 Å². The second kappa shape index (κ2) is 9.77. The number of piperazine rings is 1. The van der Waals surface area contributed by atoms with Gasteiger partial charge >= 0.3 is 0 Å². The van der Waals surface area contributed by atoms with Crippen molar-refractivity contribution in [1.82, 2.24) is 14.8 Å². The van der Waals surface area contributed by atoms with E-state index in [4.69, 9.17) is 16.3 Å². The normalized spacial score (nSPS) is 22.3. The van der Waals surface area contributed by atoms with Gasteiger partial charge in [-0.25, -0.2) is 4.98 Å². The maximum atomic E-state index is 13.0. The third-order valence-electron chi connectivity index (χ3n) is 6.82. The first-order valence-corrected chi connectivity index (χ1v) is 11.8. The molecule has 1 aromatic carbocycles. The number of hydrogen-bond acceptors (Lipinski definition) is 5. The maximum absolute atomic E-state index is 13.0. The van der Waals surface area contributed by atoms with Crippen LogP contribution < -0.4 is 4.74 Å². The van der Waals surface area contributed by atoms with Crippen molar-refractivity contribution < 1.29 is 14.6 Å². The Morgan fingerprint density at radius 2 is 2.03 bits per heavy atom. The van der Waals surface area contributed by atoms with E-state index in [1.807, 2.05) is 11.0 Å². The lowest BCUT2D eigenvalue weighted by atomic mass is 9.86. The van der Waals surface area contributed by atoms with Crippen molar-refractivity contribution in [2.45, 2.75) is 58.2 Å². The van der Waals surface area contributed by atoms with Crippen LogP contribution in [0, 0.1) is 13.8 Å². The number of aromatic nitrogens is 1. The molecule has 0 radical (unpaired) electrons. The van der Waals surface area contributed by atoms with Crippen molar-refractivity contribution in [2.75, 3.05) is 26.2 Å². The summed E-state index contributed by atoms with van der Waals surface area (Å²) in [6.45, 7) is 8.59. The number of benzene rings is 1. The molecule has 1 aromatic heterocycles. The van der Waals surface area contributed by atoms with Gasteiger partial charge in [0.05, 0.1) is 11.7 Å². The van der Waals surface area contributed by atoms with Crippen molar-refractivity contribution in [3.05, 3.63) is 57.9 Å².